The molecule has 1 aromatic rings. The van der Waals surface area contributed by atoms with Gasteiger partial charge in [0.15, 0.2) is 0 Å². The molecule has 110 valence electrons. The number of fused-ring (bicyclic) bond motifs is 1. The summed E-state index contributed by atoms with van der Waals surface area (Å²) in [5.41, 5.74) is 1.01. The average molecular weight is 294 g/mol. The topological polar surface area (TPSA) is 57.3 Å². The third-order valence-electron chi connectivity index (χ3n) is 4.24. The third-order valence-corrected chi connectivity index (χ3v) is 5.21. The zero-order chi connectivity index (χ0) is 13.9. The van der Waals surface area contributed by atoms with Gasteiger partial charge in [-0.25, -0.2) is 9.78 Å². The largest absolute Gasteiger partial charge is 0.334 e. The van der Waals surface area contributed by atoms with Gasteiger partial charge in [-0.3, -0.25) is 4.90 Å². The van der Waals surface area contributed by atoms with E-state index in [1.54, 1.807) is 11.3 Å². The summed E-state index contributed by atoms with van der Waals surface area (Å²) in [6.45, 7) is 4.81. The Morgan fingerprint density at radius 2 is 2.35 bits per heavy atom. The summed E-state index contributed by atoms with van der Waals surface area (Å²) in [5, 5.41) is 9.02. The van der Waals surface area contributed by atoms with Crippen LogP contribution in [0.15, 0.2) is 5.38 Å². The van der Waals surface area contributed by atoms with Gasteiger partial charge in [0.2, 0.25) is 0 Å². The highest BCUT2D eigenvalue weighted by Gasteiger charge is 2.36. The summed E-state index contributed by atoms with van der Waals surface area (Å²) < 4.78 is 0. The second-order valence-electron chi connectivity index (χ2n) is 5.70. The SMILES string of the molecule is Cc1csc(CNC(=O)N[C@H]2CCN3CCCC[C@@H]23)n1. The van der Waals surface area contributed by atoms with Gasteiger partial charge >= 0.3 is 6.03 Å². The fraction of sp³-hybridized carbons (Fsp3) is 0.714. The van der Waals surface area contributed by atoms with E-state index >= 15 is 0 Å². The quantitative estimate of drug-likeness (QED) is 0.895. The smallest absolute Gasteiger partial charge is 0.315 e. The molecule has 2 aliphatic rings. The monoisotopic (exact) mass is 294 g/mol. The predicted molar refractivity (Wildman–Crippen MR) is 79.8 cm³/mol. The van der Waals surface area contributed by atoms with Gasteiger partial charge in [-0.1, -0.05) is 6.42 Å². The highest BCUT2D eigenvalue weighted by Crippen LogP contribution is 2.26. The Morgan fingerprint density at radius 3 is 3.15 bits per heavy atom. The van der Waals surface area contributed by atoms with E-state index in [0.29, 0.717) is 18.6 Å². The Balaban J connectivity index is 1.46. The molecule has 0 bridgehead atoms. The van der Waals surface area contributed by atoms with Crippen molar-refractivity contribution in [3.8, 4) is 0 Å². The molecule has 2 saturated heterocycles. The molecule has 3 heterocycles. The lowest BCUT2D eigenvalue weighted by Gasteiger charge is -2.32. The van der Waals surface area contributed by atoms with Crippen molar-refractivity contribution in [1.82, 2.24) is 20.5 Å². The zero-order valence-corrected chi connectivity index (χ0v) is 12.7. The van der Waals surface area contributed by atoms with Crippen molar-refractivity contribution < 1.29 is 4.79 Å². The maximum absolute atomic E-state index is 12.0. The number of nitrogens with one attached hydrogen (secondary N) is 2. The lowest BCUT2D eigenvalue weighted by atomic mass is 9.99. The Morgan fingerprint density at radius 1 is 1.45 bits per heavy atom. The van der Waals surface area contributed by atoms with E-state index in [1.807, 2.05) is 12.3 Å². The van der Waals surface area contributed by atoms with Crippen molar-refractivity contribution >= 4 is 17.4 Å². The van der Waals surface area contributed by atoms with Crippen LogP contribution in [0.3, 0.4) is 0 Å². The molecule has 6 heteroatoms. The molecule has 2 fully saturated rings. The summed E-state index contributed by atoms with van der Waals surface area (Å²) in [6.07, 6.45) is 4.89. The maximum atomic E-state index is 12.0. The second kappa shape index (κ2) is 6.10. The minimum atomic E-state index is -0.0599. The van der Waals surface area contributed by atoms with Gasteiger partial charge in [0.1, 0.15) is 5.01 Å². The Kier molecular flexibility index (Phi) is 4.21. The van der Waals surface area contributed by atoms with E-state index in [1.165, 1.54) is 25.8 Å². The number of hydrogen-bond donors (Lipinski definition) is 2. The van der Waals surface area contributed by atoms with Gasteiger partial charge in [-0.2, -0.15) is 0 Å². The lowest BCUT2D eigenvalue weighted by molar-refractivity contribution is 0.179. The number of amides is 2. The number of aromatic nitrogens is 1. The molecule has 0 aliphatic carbocycles. The highest BCUT2D eigenvalue weighted by atomic mass is 32.1. The van der Waals surface area contributed by atoms with Crippen molar-refractivity contribution in [3.63, 3.8) is 0 Å². The number of aryl methyl sites for hydroxylation is 1. The average Bonchev–Trinajstić information content (AvgIpc) is 3.04. The number of piperidine rings is 1. The Hall–Kier alpha value is -1.14. The van der Waals surface area contributed by atoms with E-state index in [9.17, 15) is 4.79 Å². The fourth-order valence-corrected chi connectivity index (χ4v) is 3.99. The molecule has 0 unspecified atom stereocenters. The number of hydrogen-bond acceptors (Lipinski definition) is 4. The summed E-state index contributed by atoms with van der Waals surface area (Å²) >= 11 is 1.59. The normalized spacial score (nSPS) is 26.2. The second-order valence-corrected chi connectivity index (χ2v) is 6.65. The third kappa shape index (κ3) is 3.12. The zero-order valence-electron chi connectivity index (χ0n) is 11.9. The molecule has 1 aromatic heterocycles. The number of rotatable bonds is 3. The van der Waals surface area contributed by atoms with Crippen LogP contribution in [0, 0.1) is 6.92 Å². The van der Waals surface area contributed by atoms with Crippen LogP contribution < -0.4 is 10.6 Å². The molecule has 5 nitrogen and oxygen atoms in total. The highest BCUT2D eigenvalue weighted by molar-refractivity contribution is 7.09. The summed E-state index contributed by atoms with van der Waals surface area (Å²) in [4.78, 5) is 18.9. The van der Waals surface area contributed by atoms with E-state index in [0.717, 1.165) is 23.7 Å². The first-order valence-corrected chi connectivity index (χ1v) is 8.30. The molecule has 2 aliphatic heterocycles. The van der Waals surface area contributed by atoms with E-state index in [-0.39, 0.29) is 6.03 Å². The van der Waals surface area contributed by atoms with Crippen molar-refractivity contribution in [3.05, 3.63) is 16.1 Å². The van der Waals surface area contributed by atoms with E-state index < -0.39 is 0 Å². The van der Waals surface area contributed by atoms with Crippen LogP contribution in [0.1, 0.15) is 36.4 Å². The number of carbonyl (C=O) groups is 1. The maximum Gasteiger partial charge on any atom is 0.315 e. The molecule has 2 amide bonds. The van der Waals surface area contributed by atoms with Crippen LogP contribution in [-0.2, 0) is 6.54 Å². The fourth-order valence-electron chi connectivity index (χ4n) is 3.27. The van der Waals surface area contributed by atoms with Crippen molar-refractivity contribution in [2.45, 2.75) is 51.2 Å². The number of thiazole rings is 1. The van der Waals surface area contributed by atoms with Gasteiger partial charge in [-0.05, 0) is 32.7 Å². The molecule has 2 atom stereocenters. The summed E-state index contributed by atoms with van der Waals surface area (Å²) in [7, 11) is 0. The molecule has 2 N–H and O–H groups in total. The first-order chi connectivity index (χ1) is 9.72. The first kappa shape index (κ1) is 13.8. The summed E-state index contributed by atoms with van der Waals surface area (Å²) in [6, 6.07) is 0.806. The van der Waals surface area contributed by atoms with Crippen LogP contribution in [-0.4, -0.2) is 41.1 Å². The number of urea groups is 1. The van der Waals surface area contributed by atoms with Crippen LogP contribution in [0.2, 0.25) is 0 Å². The minimum Gasteiger partial charge on any atom is -0.334 e. The molecular weight excluding hydrogens is 272 g/mol. The molecule has 0 radical (unpaired) electrons. The number of carbonyl (C=O) groups excluding carboxylic acids is 1. The standard InChI is InChI=1S/C14H22N4OS/c1-10-9-20-13(16-10)8-15-14(19)17-11-5-7-18-6-3-2-4-12(11)18/h9,11-12H,2-8H2,1H3,(H2,15,17,19)/t11-,12-/m0/s1. The van der Waals surface area contributed by atoms with Gasteiger partial charge < -0.3 is 10.6 Å². The van der Waals surface area contributed by atoms with Crippen molar-refractivity contribution in [1.29, 1.82) is 0 Å². The van der Waals surface area contributed by atoms with Crippen molar-refractivity contribution in [2.24, 2.45) is 0 Å². The Bertz CT molecular complexity index is 475. The molecule has 0 saturated carbocycles. The molecule has 3 rings (SSSR count). The van der Waals surface area contributed by atoms with Gasteiger partial charge in [-0.15, -0.1) is 11.3 Å². The van der Waals surface area contributed by atoms with E-state index in [2.05, 4.69) is 20.5 Å². The minimum absolute atomic E-state index is 0.0599. The van der Waals surface area contributed by atoms with Gasteiger partial charge in [0, 0.05) is 29.7 Å². The van der Waals surface area contributed by atoms with E-state index in [4.69, 9.17) is 0 Å². The van der Waals surface area contributed by atoms with Crippen LogP contribution >= 0.6 is 11.3 Å². The number of nitrogens with zero attached hydrogens (tertiary/aromatic N) is 2. The molecular formula is C14H22N4OS. The van der Waals surface area contributed by atoms with Gasteiger partial charge in [0.25, 0.3) is 0 Å². The van der Waals surface area contributed by atoms with Crippen LogP contribution in [0.25, 0.3) is 0 Å². The first-order valence-electron chi connectivity index (χ1n) is 7.42. The van der Waals surface area contributed by atoms with Crippen LogP contribution in [0.4, 0.5) is 4.79 Å². The van der Waals surface area contributed by atoms with Gasteiger partial charge in [0.05, 0.1) is 6.54 Å². The van der Waals surface area contributed by atoms with Crippen LogP contribution in [0.5, 0.6) is 0 Å². The molecule has 0 aromatic carbocycles. The predicted octanol–water partition coefficient (Wildman–Crippen LogP) is 1.88. The summed E-state index contributed by atoms with van der Waals surface area (Å²) in [5.74, 6) is 0. The Labute approximate surface area is 123 Å². The lowest BCUT2D eigenvalue weighted by Crippen LogP contribution is -2.49. The van der Waals surface area contributed by atoms with Crippen molar-refractivity contribution in [2.75, 3.05) is 13.1 Å². The molecule has 0 spiro atoms. The molecule has 20 heavy (non-hydrogen) atoms.